The third-order valence-corrected chi connectivity index (χ3v) is 5.03. The SMILES string of the molecule is CCC(C)C(N)C(=O)NC(C(=O)NC(CO)C(=O)NC(Cc1cnc[nH]1)C(=O)O)C(C)O. The number of imidazole rings is 1. The number of rotatable bonds is 13. The van der Waals surface area contributed by atoms with E-state index in [9.17, 15) is 34.5 Å². The lowest BCUT2D eigenvalue weighted by Crippen LogP contribution is -2.61. The summed E-state index contributed by atoms with van der Waals surface area (Å²) in [5.41, 5.74) is 6.30. The molecule has 0 aromatic carbocycles. The van der Waals surface area contributed by atoms with Crippen LogP contribution in [0.15, 0.2) is 12.5 Å². The minimum Gasteiger partial charge on any atom is -0.480 e. The van der Waals surface area contributed by atoms with Crippen molar-refractivity contribution in [2.24, 2.45) is 11.7 Å². The van der Waals surface area contributed by atoms with Crippen molar-refractivity contribution in [3.05, 3.63) is 18.2 Å². The van der Waals surface area contributed by atoms with Crippen LogP contribution in [-0.2, 0) is 25.6 Å². The van der Waals surface area contributed by atoms with Crippen LogP contribution in [0.5, 0.6) is 0 Å². The first-order valence-corrected chi connectivity index (χ1v) is 10.2. The first-order chi connectivity index (χ1) is 15.0. The second-order valence-corrected chi connectivity index (χ2v) is 7.56. The van der Waals surface area contributed by atoms with Gasteiger partial charge in [0, 0.05) is 18.3 Å². The van der Waals surface area contributed by atoms with Crippen molar-refractivity contribution >= 4 is 23.7 Å². The van der Waals surface area contributed by atoms with E-state index >= 15 is 0 Å². The van der Waals surface area contributed by atoms with Crippen LogP contribution in [0.25, 0.3) is 0 Å². The average molecular weight is 457 g/mol. The Morgan fingerprint density at radius 2 is 1.72 bits per heavy atom. The molecule has 0 aliphatic heterocycles. The second kappa shape index (κ2) is 12.7. The number of carbonyl (C=O) groups is 4. The number of hydrogen-bond donors (Lipinski definition) is 8. The third kappa shape index (κ3) is 7.90. The summed E-state index contributed by atoms with van der Waals surface area (Å²) in [5, 5.41) is 35.6. The summed E-state index contributed by atoms with van der Waals surface area (Å²) in [5.74, 6) is -4.06. The van der Waals surface area contributed by atoms with Gasteiger partial charge in [-0.15, -0.1) is 0 Å². The summed E-state index contributed by atoms with van der Waals surface area (Å²) >= 11 is 0. The van der Waals surface area contributed by atoms with Gasteiger partial charge in [0.1, 0.15) is 18.1 Å². The molecule has 0 radical (unpaired) electrons. The van der Waals surface area contributed by atoms with Crippen LogP contribution < -0.4 is 21.7 Å². The molecule has 1 aromatic rings. The molecule has 0 aliphatic carbocycles. The maximum absolute atomic E-state index is 12.6. The lowest BCUT2D eigenvalue weighted by atomic mass is 9.98. The third-order valence-electron chi connectivity index (χ3n) is 5.03. The van der Waals surface area contributed by atoms with Crippen molar-refractivity contribution < 1.29 is 34.5 Å². The van der Waals surface area contributed by atoms with Gasteiger partial charge in [0.2, 0.25) is 17.7 Å². The molecule has 0 aliphatic rings. The normalized spacial score (nSPS) is 16.7. The summed E-state index contributed by atoms with van der Waals surface area (Å²) in [7, 11) is 0. The summed E-state index contributed by atoms with van der Waals surface area (Å²) < 4.78 is 0. The number of nitrogens with zero attached hydrogens (tertiary/aromatic N) is 1. The highest BCUT2D eigenvalue weighted by Crippen LogP contribution is 2.06. The maximum atomic E-state index is 12.6. The summed E-state index contributed by atoms with van der Waals surface area (Å²) in [4.78, 5) is 55.3. The predicted octanol–water partition coefficient (Wildman–Crippen LogP) is -2.76. The number of carboxylic acids is 1. The van der Waals surface area contributed by atoms with E-state index in [-0.39, 0.29) is 12.3 Å². The fraction of sp³-hybridized carbons (Fsp3) is 0.632. The van der Waals surface area contributed by atoms with E-state index in [1.807, 2.05) is 6.92 Å². The molecule has 6 atom stereocenters. The first-order valence-electron chi connectivity index (χ1n) is 10.2. The predicted molar refractivity (Wildman–Crippen MR) is 112 cm³/mol. The highest BCUT2D eigenvalue weighted by Gasteiger charge is 2.33. The van der Waals surface area contributed by atoms with Crippen LogP contribution in [0.3, 0.4) is 0 Å². The van der Waals surface area contributed by atoms with E-state index in [0.717, 1.165) is 0 Å². The molecule has 13 nitrogen and oxygen atoms in total. The number of nitrogens with one attached hydrogen (secondary N) is 4. The number of carboxylic acid groups (broad SMARTS) is 1. The Balaban J connectivity index is 2.82. The zero-order chi connectivity index (χ0) is 24.4. The van der Waals surface area contributed by atoms with Crippen molar-refractivity contribution in [3.8, 4) is 0 Å². The Morgan fingerprint density at radius 3 is 2.19 bits per heavy atom. The van der Waals surface area contributed by atoms with Gasteiger partial charge in [-0.2, -0.15) is 0 Å². The lowest BCUT2D eigenvalue weighted by Gasteiger charge is -2.26. The molecule has 0 saturated carbocycles. The van der Waals surface area contributed by atoms with Crippen molar-refractivity contribution in [1.29, 1.82) is 0 Å². The topological polar surface area (TPSA) is 220 Å². The number of aromatic nitrogens is 2. The molecule has 0 spiro atoms. The van der Waals surface area contributed by atoms with Crippen LogP contribution in [0.1, 0.15) is 32.9 Å². The van der Waals surface area contributed by atoms with Gasteiger partial charge in [0.05, 0.1) is 25.1 Å². The van der Waals surface area contributed by atoms with Gasteiger partial charge in [-0.25, -0.2) is 9.78 Å². The number of carbonyl (C=O) groups excluding carboxylic acids is 3. The van der Waals surface area contributed by atoms with E-state index in [0.29, 0.717) is 12.1 Å². The van der Waals surface area contributed by atoms with Gasteiger partial charge < -0.3 is 42.0 Å². The molecule has 180 valence electrons. The van der Waals surface area contributed by atoms with Gasteiger partial charge >= 0.3 is 5.97 Å². The number of aromatic amines is 1. The van der Waals surface area contributed by atoms with Gasteiger partial charge in [0.15, 0.2) is 0 Å². The fourth-order valence-corrected chi connectivity index (χ4v) is 2.71. The van der Waals surface area contributed by atoms with Gasteiger partial charge in [-0.3, -0.25) is 14.4 Å². The number of aliphatic hydroxyl groups is 2. The number of aliphatic hydroxyl groups excluding tert-OH is 2. The smallest absolute Gasteiger partial charge is 0.326 e. The van der Waals surface area contributed by atoms with Crippen LogP contribution in [0.2, 0.25) is 0 Å². The van der Waals surface area contributed by atoms with E-state index < -0.39 is 60.6 Å². The molecular formula is C19H32N6O7. The Labute approximate surface area is 185 Å². The number of nitrogens with two attached hydrogens (primary N) is 1. The van der Waals surface area contributed by atoms with Crippen LogP contribution in [0.4, 0.5) is 0 Å². The molecule has 0 fully saturated rings. The van der Waals surface area contributed by atoms with Crippen LogP contribution in [0, 0.1) is 5.92 Å². The Hall–Kier alpha value is -3.03. The van der Waals surface area contributed by atoms with Crippen molar-refractivity contribution in [2.45, 2.75) is 63.9 Å². The zero-order valence-electron chi connectivity index (χ0n) is 18.2. The monoisotopic (exact) mass is 456 g/mol. The highest BCUT2D eigenvalue weighted by atomic mass is 16.4. The van der Waals surface area contributed by atoms with E-state index in [4.69, 9.17) is 5.73 Å². The van der Waals surface area contributed by atoms with Crippen molar-refractivity contribution in [1.82, 2.24) is 25.9 Å². The lowest BCUT2D eigenvalue weighted by molar-refractivity contribution is -0.142. The molecule has 3 amide bonds. The largest absolute Gasteiger partial charge is 0.480 e. The van der Waals surface area contributed by atoms with E-state index in [1.165, 1.54) is 19.4 Å². The number of hydrogen-bond acceptors (Lipinski definition) is 8. The molecular weight excluding hydrogens is 424 g/mol. The molecule has 0 bridgehead atoms. The fourth-order valence-electron chi connectivity index (χ4n) is 2.71. The minimum absolute atomic E-state index is 0.104. The minimum atomic E-state index is -1.52. The van der Waals surface area contributed by atoms with Crippen molar-refractivity contribution in [3.63, 3.8) is 0 Å². The van der Waals surface area contributed by atoms with E-state index in [1.54, 1.807) is 6.92 Å². The highest BCUT2D eigenvalue weighted by molar-refractivity contribution is 5.94. The standard InChI is InChI=1S/C19H32N6O7/c1-4-9(2)14(20)17(29)25-15(10(3)27)18(30)24-13(7-26)16(28)23-12(19(31)32)5-11-6-21-8-22-11/h6,8-10,12-15,26-27H,4-5,7,20H2,1-3H3,(H,21,22)(H,23,28)(H,24,30)(H,25,29)(H,31,32). The molecule has 1 rings (SSSR count). The van der Waals surface area contributed by atoms with E-state index in [2.05, 4.69) is 25.9 Å². The number of H-pyrrole nitrogens is 1. The summed E-state index contributed by atoms with van der Waals surface area (Å²) in [6.07, 6.45) is 1.93. The van der Waals surface area contributed by atoms with Gasteiger partial charge in [0.25, 0.3) is 0 Å². The van der Waals surface area contributed by atoms with Gasteiger partial charge in [-0.05, 0) is 12.8 Å². The van der Waals surface area contributed by atoms with Crippen LogP contribution >= 0.6 is 0 Å². The number of amides is 3. The first kappa shape index (κ1) is 27.0. The molecule has 1 aromatic heterocycles. The molecule has 0 saturated heterocycles. The molecule has 6 unspecified atom stereocenters. The quantitative estimate of drug-likeness (QED) is 0.154. The Bertz CT molecular complexity index is 770. The molecule has 1 heterocycles. The Kier molecular flexibility index (Phi) is 10.7. The molecule has 9 N–H and O–H groups in total. The van der Waals surface area contributed by atoms with Crippen molar-refractivity contribution in [2.75, 3.05) is 6.61 Å². The second-order valence-electron chi connectivity index (χ2n) is 7.56. The zero-order valence-corrected chi connectivity index (χ0v) is 18.2. The van der Waals surface area contributed by atoms with Gasteiger partial charge in [-0.1, -0.05) is 20.3 Å². The average Bonchev–Trinajstić information content (AvgIpc) is 3.26. The number of aliphatic carboxylic acids is 1. The molecule has 32 heavy (non-hydrogen) atoms. The molecule has 13 heteroatoms. The maximum Gasteiger partial charge on any atom is 0.326 e. The summed E-state index contributed by atoms with van der Waals surface area (Å²) in [6, 6.07) is -5.23. The summed E-state index contributed by atoms with van der Waals surface area (Å²) in [6.45, 7) is 4.02. The Morgan fingerprint density at radius 1 is 1.09 bits per heavy atom. The van der Waals surface area contributed by atoms with Crippen LogP contribution in [-0.4, -0.2) is 85.9 Å².